The second-order valence-corrected chi connectivity index (χ2v) is 6.13. The zero-order valence-electron chi connectivity index (χ0n) is 16.1. The molecule has 2 aromatic heterocycles. The smallest absolute Gasteiger partial charge is 0.359 e. The van der Waals surface area contributed by atoms with E-state index >= 15 is 0 Å². The predicted molar refractivity (Wildman–Crippen MR) is 103 cm³/mol. The van der Waals surface area contributed by atoms with Crippen molar-refractivity contribution in [1.82, 2.24) is 9.38 Å². The van der Waals surface area contributed by atoms with Crippen LogP contribution in [0.15, 0.2) is 42.6 Å². The highest BCUT2D eigenvalue weighted by atomic mass is 16.5. The van der Waals surface area contributed by atoms with Gasteiger partial charge in [-0.3, -0.25) is 4.79 Å². The second-order valence-electron chi connectivity index (χ2n) is 6.13. The molecule has 0 aliphatic carbocycles. The Balaban J connectivity index is 1.68. The van der Waals surface area contributed by atoms with E-state index in [1.165, 1.54) is 21.1 Å². The number of imidazole rings is 1. The van der Waals surface area contributed by atoms with Crippen LogP contribution in [0, 0.1) is 6.92 Å². The minimum Gasteiger partial charge on any atom is -0.493 e. The lowest BCUT2D eigenvalue weighted by molar-refractivity contribution is -0.123. The number of aryl methyl sites for hydroxylation is 1. The van der Waals surface area contributed by atoms with Crippen LogP contribution in [0.3, 0.4) is 0 Å². The molecule has 1 amide bonds. The maximum absolute atomic E-state index is 12.4. The summed E-state index contributed by atoms with van der Waals surface area (Å²) in [6.07, 6.45) is 0.581. The number of carbonyl (C=O) groups excluding carboxylic acids is 2. The first-order chi connectivity index (χ1) is 13.4. The molecule has 0 fully saturated rings. The zero-order chi connectivity index (χ0) is 20.3. The minimum atomic E-state index is -1.01. The van der Waals surface area contributed by atoms with Crippen molar-refractivity contribution in [2.24, 2.45) is 0 Å². The number of fused-ring (bicyclic) bond motifs is 1. The Morgan fingerprint density at radius 1 is 1.11 bits per heavy atom. The van der Waals surface area contributed by atoms with E-state index in [-0.39, 0.29) is 5.69 Å². The number of methoxy groups -OCH3 is 2. The number of nitrogens with zero attached hydrogens (tertiary/aromatic N) is 2. The molecule has 0 bridgehead atoms. The molecule has 8 nitrogen and oxygen atoms in total. The number of hydrogen-bond acceptors (Lipinski definition) is 6. The van der Waals surface area contributed by atoms with Gasteiger partial charge < -0.3 is 23.9 Å². The second kappa shape index (κ2) is 7.99. The van der Waals surface area contributed by atoms with Crippen molar-refractivity contribution < 1.29 is 23.8 Å². The highest BCUT2D eigenvalue weighted by molar-refractivity contribution is 5.97. The maximum Gasteiger partial charge on any atom is 0.359 e. The lowest BCUT2D eigenvalue weighted by Gasteiger charge is -2.14. The number of esters is 1. The van der Waals surface area contributed by atoms with Gasteiger partial charge in [-0.1, -0.05) is 6.07 Å². The van der Waals surface area contributed by atoms with Crippen LogP contribution in [-0.4, -0.2) is 41.6 Å². The summed E-state index contributed by atoms with van der Waals surface area (Å²) >= 11 is 0. The normalized spacial score (nSPS) is 11.7. The van der Waals surface area contributed by atoms with Crippen molar-refractivity contribution in [2.75, 3.05) is 19.5 Å². The molecule has 1 N–H and O–H groups in total. The summed E-state index contributed by atoms with van der Waals surface area (Å²) in [5, 5.41) is 2.68. The van der Waals surface area contributed by atoms with Gasteiger partial charge in [0.15, 0.2) is 23.3 Å². The first-order valence-electron chi connectivity index (χ1n) is 8.61. The van der Waals surface area contributed by atoms with Crippen LogP contribution in [0.1, 0.15) is 23.1 Å². The summed E-state index contributed by atoms with van der Waals surface area (Å²) in [5.41, 5.74) is 2.20. The molecule has 2 heterocycles. The van der Waals surface area contributed by atoms with Gasteiger partial charge in [0.2, 0.25) is 0 Å². The average Bonchev–Trinajstić information content (AvgIpc) is 3.13. The van der Waals surface area contributed by atoms with Crippen LogP contribution in [-0.2, 0) is 9.53 Å². The molecule has 1 atom stereocenters. The lowest BCUT2D eigenvalue weighted by atomic mass is 10.2. The molecule has 28 heavy (non-hydrogen) atoms. The molecule has 1 aromatic carbocycles. The summed E-state index contributed by atoms with van der Waals surface area (Å²) in [6, 6.07) is 10.5. The number of pyridine rings is 1. The molecular formula is C20H21N3O5. The number of ether oxygens (including phenoxy) is 3. The summed E-state index contributed by atoms with van der Waals surface area (Å²) in [7, 11) is 3.03. The van der Waals surface area contributed by atoms with Crippen LogP contribution >= 0.6 is 0 Å². The van der Waals surface area contributed by atoms with Gasteiger partial charge in [-0.25, -0.2) is 9.78 Å². The van der Waals surface area contributed by atoms with Crippen LogP contribution in [0.5, 0.6) is 11.5 Å². The molecule has 0 aliphatic heterocycles. The lowest BCUT2D eigenvalue weighted by Crippen LogP contribution is -2.30. The van der Waals surface area contributed by atoms with Gasteiger partial charge in [0.05, 0.1) is 14.2 Å². The third kappa shape index (κ3) is 3.90. The third-order valence-electron chi connectivity index (χ3n) is 4.21. The molecule has 0 aliphatic rings. The summed E-state index contributed by atoms with van der Waals surface area (Å²) in [6.45, 7) is 3.40. The van der Waals surface area contributed by atoms with Crippen molar-refractivity contribution in [1.29, 1.82) is 0 Å². The Morgan fingerprint density at radius 2 is 1.86 bits per heavy atom. The van der Waals surface area contributed by atoms with Gasteiger partial charge in [-0.2, -0.15) is 0 Å². The minimum absolute atomic E-state index is 0.139. The van der Waals surface area contributed by atoms with Gasteiger partial charge in [0.1, 0.15) is 5.65 Å². The SMILES string of the molecule is COc1ccc(NC(=O)[C@H](C)OC(=O)c2cn3c(C)cccc3n2)cc1OC. The molecule has 3 rings (SSSR count). The summed E-state index contributed by atoms with van der Waals surface area (Å²) in [4.78, 5) is 29.0. The standard InChI is InChI=1S/C20H21N3O5/c1-12-6-5-7-18-22-15(11-23(12)18)20(25)28-13(2)19(24)21-14-8-9-16(26-3)17(10-14)27-4/h5-11,13H,1-4H3,(H,21,24)/t13-/m0/s1. The Kier molecular flexibility index (Phi) is 5.49. The van der Waals surface area contributed by atoms with Crippen LogP contribution in [0.25, 0.3) is 5.65 Å². The van der Waals surface area contributed by atoms with Gasteiger partial charge in [-0.05, 0) is 38.1 Å². The highest BCUT2D eigenvalue weighted by Crippen LogP contribution is 2.29. The fourth-order valence-corrected chi connectivity index (χ4v) is 2.68. The van der Waals surface area contributed by atoms with Crippen LogP contribution < -0.4 is 14.8 Å². The van der Waals surface area contributed by atoms with Crippen LogP contribution in [0.4, 0.5) is 5.69 Å². The fourth-order valence-electron chi connectivity index (χ4n) is 2.68. The molecule has 0 spiro atoms. The number of anilines is 1. The Morgan fingerprint density at radius 3 is 2.54 bits per heavy atom. The molecule has 0 saturated heterocycles. The van der Waals surface area contributed by atoms with Crippen molar-refractivity contribution in [3.63, 3.8) is 0 Å². The number of rotatable bonds is 6. The van der Waals surface area contributed by atoms with E-state index in [2.05, 4.69) is 10.3 Å². The van der Waals surface area contributed by atoms with E-state index in [0.717, 1.165) is 5.69 Å². The van der Waals surface area contributed by atoms with Gasteiger partial charge in [0, 0.05) is 23.6 Å². The van der Waals surface area contributed by atoms with E-state index in [1.54, 1.807) is 34.9 Å². The Hall–Kier alpha value is -3.55. The van der Waals surface area contributed by atoms with E-state index in [0.29, 0.717) is 22.8 Å². The molecule has 0 unspecified atom stereocenters. The largest absolute Gasteiger partial charge is 0.493 e. The van der Waals surface area contributed by atoms with Crippen molar-refractivity contribution in [3.8, 4) is 11.5 Å². The molecule has 8 heteroatoms. The fraction of sp³-hybridized carbons (Fsp3) is 0.250. The van der Waals surface area contributed by atoms with E-state index in [4.69, 9.17) is 14.2 Å². The first kappa shape index (κ1) is 19.2. The highest BCUT2D eigenvalue weighted by Gasteiger charge is 2.21. The number of nitrogens with one attached hydrogen (secondary N) is 1. The molecular weight excluding hydrogens is 362 g/mol. The average molecular weight is 383 g/mol. The Bertz CT molecular complexity index is 1030. The maximum atomic E-state index is 12.4. The number of carbonyl (C=O) groups is 2. The molecule has 146 valence electrons. The number of hydrogen-bond donors (Lipinski definition) is 1. The van der Waals surface area contributed by atoms with E-state index in [9.17, 15) is 9.59 Å². The Labute approximate surface area is 162 Å². The monoisotopic (exact) mass is 383 g/mol. The van der Waals surface area contributed by atoms with Crippen molar-refractivity contribution in [2.45, 2.75) is 20.0 Å². The predicted octanol–water partition coefficient (Wildman–Crippen LogP) is 2.84. The van der Waals surface area contributed by atoms with E-state index in [1.807, 2.05) is 19.1 Å². The summed E-state index contributed by atoms with van der Waals surface area (Å²) < 4.78 is 17.4. The summed E-state index contributed by atoms with van der Waals surface area (Å²) in [5.74, 6) is -0.120. The molecule has 0 radical (unpaired) electrons. The van der Waals surface area contributed by atoms with Gasteiger partial charge >= 0.3 is 5.97 Å². The zero-order valence-corrected chi connectivity index (χ0v) is 16.1. The number of aromatic nitrogens is 2. The quantitative estimate of drug-likeness (QED) is 0.658. The topological polar surface area (TPSA) is 91.2 Å². The number of benzene rings is 1. The molecule has 0 saturated carbocycles. The van der Waals surface area contributed by atoms with Crippen molar-refractivity contribution >= 4 is 23.2 Å². The van der Waals surface area contributed by atoms with Gasteiger partial charge in [-0.15, -0.1) is 0 Å². The van der Waals surface area contributed by atoms with Crippen molar-refractivity contribution in [3.05, 3.63) is 54.0 Å². The van der Waals surface area contributed by atoms with Gasteiger partial charge in [0.25, 0.3) is 5.91 Å². The van der Waals surface area contributed by atoms with Crippen LogP contribution in [0.2, 0.25) is 0 Å². The third-order valence-corrected chi connectivity index (χ3v) is 4.21. The number of amides is 1. The first-order valence-corrected chi connectivity index (χ1v) is 8.61. The molecule has 3 aromatic rings. The van der Waals surface area contributed by atoms with E-state index < -0.39 is 18.0 Å².